The number of benzene rings is 2. The van der Waals surface area contributed by atoms with Crippen molar-refractivity contribution >= 4 is 40.8 Å². The molecule has 0 atom stereocenters. The van der Waals surface area contributed by atoms with E-state index in [4.69, 9.17) is 0 Å². The van der Waals surface area contributed by atoms with Gasteiger partial charge in [0, 0.05) is 28.7 Å². The molecule has 34 heavy (non-hydrogen) atoms. The molecule has 0 aliphatic rings. The minimum Gasteiger partial charge on any atom is -0.340 e. The number of rotatable bonds is 6. The van der Waals surface area contributed by atoms with E-state index >= 15 is 0 Å². The summed E-state index contributed by atoms with van der Waals surface area (Å²) in [5.74, 6) is 0.980. The molecule has 2 aromatic carbocycles. The van der Waals surface area contributed by atoms with Gasteiger partial charge in [-0.05, 0) is 83.6 Å². The van der Waals surface area contributed by atoms with Crippen molar-refractivity contribution in [1.29, 1.82) is 0 Å². The number of amides is 2. The van der Waals surface area contributed by atoms with E-state index in [2.05, 4.69) is 25.9 Å². The number of anilines is 4. The first-order valence-electron chi connectivity index (χ1n) is 10.0. The van der Waals surface area contributed by atoms with Gasteiger partial charge in [-0.3, -0.25) is 5.32 Å². The summed E-state index contributed by atoms with van der Waals surface area (Å²) in [6.45, 7) is 0. The first-order valence-corrected chi connectivity index (χ1v) is 10.8. The second kappa shape index (κ2) is 10.3. The lowest BCUT2D eigenvalue weighted by Crippen LogP contribution is -2.20. The van der Waals surface area contributed by atoms with Gasteiger partial charge in [-0.2, -0.15) is 13.2 Å². The fourth-order valence-electron chi connectivity index (χ4n) is 3.04. The van der Waals surface area contributed by atoms with Gasteiger partial charge in [-0.25, -0.2) is 14.8 Å². The second-order valence-corrected chi connectivity index (χ2v) is 8.14. The lowest BCUT2D eigenvalue weighted by Gasteiger charge is -2.10. The van der Waals surface area contributed by atoms with Gasteiger partial charge >= 0.3 is 11.5 Å². The fourth-order valence-corrected chi connectivity index (χ4v) is 3.58. The summed E-state index contributed by atoms with van der Waals surface area (Å²) >= 11 is -0.216. The molecule has 0 spiro atoms. The summed E-state index contributed by atoms with van der Waals surface area (Å²) < 4.78 is 37.3. The van der Waals surface area contributed by atoms with E-state index in [1.807, 2.05) is 48.5 Å². The number of thioether (sulfide) groups is 1. The number of urea groups is 1. The highest BCUT2D eigenvalue weighted by molar-refractivity contribution is 8.00. The molecule has 2 amide bonds. The maximum absolute atomic E-state index is 12.4. The van der Waals surface area contributed by atoms with Crippen LogP contribution in [0.1, 0.15) is 0 Å². The van der Waals surface area contributed by atoms with Crippen LogP contribution in [-0.4, -0.2) is 21.5 Å². The quantitative estimate of drug-likeness (QED) is 0.255. The zero-order valence-electron chi connectivity index (χ0n) is 17.5. The Hall–Kier alpha value is -4.05. The number of nitrogens with zero attached hydrogens (tertiary/aromatic N) is 2. The van der Waals surface area contributed by atoms with Gasteiger partial charge in [0.05, 0.1) is 0 Å². The number of nitrogens with one attached hydrogen (secondary N) is 3. The average molecular weight is 482 g/mol. The van der Waals surface area contributed by atoms with Crippen molar-refractivity contribution in [2.75, 3.05) is 16.0 Å². The van der Waals surface area contributed by atoms with Gasteiger partial charge in [0.15, 0.2) is 0 Å². The van der Waals surface area contributed by atoms with Crippen LogP contribution in [0.25, 0.3) is 11.1 Å². The second-order valence-electron chi connectivity index (χ2n) is 7.00. The molecule has 172 valence electrons. The van der Waals surface area contributed by atoms with Crippen LogP contribution in [0.3, 0.4) is 0 Å². The third-order valence-electron chi connectivity index (χ3n) is 4.49. The van der Waals surface area contributed by atoms with Crippen LogP contribution in [0.15, 0.2) is 96.2 Å². The Balaban J connectivity index is 1.41. The van der Waals surface area contributed by atoms with Crippen LogP contribution in [0.4, 0.5) is 41.0 Å². The number of aromatic nitrogens is 2. The molecule has 0 bridgehead atoms. The van der Waals surface area contributed by atoms with Gasteiger partial charge in [0.1, 0.15) is 11.6 Å². The smallest absolute Gasteiger partial charge is 0.340 e. The Kier molecular flexibility index (Phi) is 6.98. The van der Waals surface area contributed by atoms with Gasteiger partial charge in [0.2, 0.25) is 0 Å². The lowest BCUT2D eigenvalue weighted by atomic mass is 10.1. The lowest BCUT2D eigenvalue weighted by molar-refractivity contribution is -0.0328. The molecule has 4 aromatic rings. The predicted molar refractivity (Wildman–Crippen MR) is 128 cm³/mol. The normalized spacial score (nSPS) is 11.0. The first-order chi connectivity index (χ1) is 16.3. The molecule has 0 saturated heterocycles. The van der Waals surface area contributed by atoms with Crippen molar-refractivity contribution < 1.29 is 18.0 Å². The summed E-state index contributed by atoms with van der Waals surface area (Å²) in [6.07, 6.45) is 3.25. The highest BCUT2D eigenvalue weighted by atomic mass is 32.2. The standard InChI is InChI=1S/C24H18F3N5OS/c25-24(26,27)34-20-8-6-19(7-9-20)31-23(33)32-22-15-17(11-13-29-22)16-10-12-28-21(14-16)30-18-4-2-1-3-5-18/h1-15H,(H,28,30)(H2,29,31,32,33). The van der Waals surface area contributed by atoms with Gasteiger partial charge in [-0.15, -0.1) is 0 Å². The number of pyridine rings is 2. The van der Waals surface area contributed by atoms with Gasteiger partial charge in [0.25, 0.3) is 0 Å². The summed E-state index contributed by atoms with van der Waals surface area (Å²) in [7, 11) is 0. The largest absolute Gasteiger partial charge is 0.446 e. The van der Waals surface area contributed by atoms with Crippen molar-refractivity contribution in [3.63, 3.8) is 0 Å². The Morgan fingerprint density at radius 3 is 2.00 bits per heavy atom. The van der Waals surface area contributed by atoms with Gasteiger partial charge in [-0.1, -0.05) is 18.2 Å². The molecule has 0 unspecified atom stereocenters. The number of carbonyl (C=O) groups excluding carboxylic acids is 1. The summed E-state index contributed by atoms with van der Waals surface area (Å²) in [5, 5.41) is 8.44. The monoisotopic (exact) mass is 481 g/mol. The van der Waals surface area contributed by atoms with Crippen LogP contribution in [-0.2, 0) is 0 Å². The predicted octanol–water partition coefficient (Wildman–Crippen LogP) is 7.14. The van der Waals surface area contributed by atoms with Crippen LogP contribution < -0.4 is 16.0 Å². The van der Waals surface area contributed by atoms with E-state index in [0.717, 1.165) is 16.8 Å². The molecule has 0 radical (unpaired) electrons. The molecular formula is C24H18F3N5OS. The summed E-state index contributed by atoms with van der Waals surface area (Å²) in [4.78, 5) is 20.9. The Bertz CT molecular complexity index is 1270. The number of hydrogen-bond donors (Lipinski definition) is 3. The summed E-state index contributed by atoms with van der Waals surface area (Å²) in [5.41, 5.74) is -1.41. The molecule has 4 rings (SSSR count). The van der Waals surface area contributed by atoms with Crippen LogP contribution in [0.5, 0.6) is 0 Å². The number of alkyl halides is 3. The molecular weight excluding hydrogens is 463 g/mol. The minimum absolute atomic E-state index is 0.0336. The minimum atomic E-state index is -4.36. The van der Waals surface area contributed by atoms with E-state index in [0.29, 0.717) is 17.3 Å². The molecule has 6 nitrogen and oxygen atoms in total. The van der Waals surface area contributed by atoms with Crippen molar-refractivity contribution in [1.82, 2.24) is 9.97 Å². The SMILES string of the molecule is O=C(Nc1ccc(SC(F)(F)F)cc1)Nc1cc(-c2ccnc(Nc3ccccc3)c2)ccn1. The molecule has 0 saturated carbocycles. The number of halogens is 3. The van der Waals surface area contributed by atoms with E-state index in [1.165, 1.54) is 24.3 Å². The first kappa shape index (κ1) is 23.1. The Morgan fingerprint density at radius 1 is 0.735 bits per heavy atom. The Labute approximate surface area is 197 Å². The van der Waals surface area contributed by atoms with Crippen LogP contribution in [0.2, 0.25) is 0 Å². The molecule has 2 heterocycles. The zero-order chi connectivity index (χ0) is 24.0. The van der Waals surface area contributed by atoms with E-state index in [-0.39, 0.29) is 16.7 Å². The van der Waals surface area contributed by atoms with Crippen molar-refractivity contribution in [2.24, 2.45) is 0 Å². The summed E-state index contributed by atoms with van der Waals surface area (Å²) in [6, 6.07) is 21.7. The van der Waals surface area contributed by atoms with Crippen molar-refractivity contribution in [2.45, 2.75) is 10.4 Å². The van der Waals surface area contributed by atoms with Gasteiger partial charge < -0.3 is 10.6 Å². The third kappa shape index (κ3) is 6.72. The molecule has 10 heteroatoms. The van der Waals surface area contributed by atoms with E-state index in [9.17, 15) is 18.0 Å². The van der Waals surface area contributed by atoms with Crippen LogP contribution in [0, 0.1) is 0 Å². The number of para-hydroxylation sites is 1. The highest BCUT2D eigenvalue weighted by Gasteiger charge is 2.29. The molecule has 2 aromatic heterocycles. The highest BCUT2D eigenvalue weighted by Crippen LogP contribution is 2.37. The van der Waals surface area contributed by atoms with E-state index in [1.54, 1.807) is 18.5 Å². The zero-order valence-corrected chi connectivity index (χ0v) is 18.3. The molecule has 0 aliphatic carbocycles. The molecule has 0 fully saturated rings. The van der Waals surface area contributed by atoms with Crippen LogP contribution >= 0.6 is 11.8 Å². The number of hydrogen-bond acceptors (Lipinski definition) is 5. The maximum Gasteiger partial charge on any atom is 0.446 e. The fraction of sp³-hybridized carbons (Fsp3) is 0.0417. The number of carbonyl (C=O) groups is 1. The topological polar surface area (TPSA) is 78.9 Å². The van der Waals surface area contributed by atoms with Crippen molar-refractivity contribution in [3.05, 3.63) is 91.3 Å². The Morgan fingerprint density at radius 2 is 1.35 bits per heavy atom. The third-order valence-corrected chi connectivity index (χ3v) is 5.23. The maximum atomic E-state index is 12.4. The molecule has 0 aliphatic heterocycles. The average Bonchev–Trinajstić information content (AvgIpc) is 2.80. The molecule has 3 N–H and O–H groups in total. The van der Waals surface area contributed by atoms with E-state index < -0.39 is 11.5 Å². The van der Waals surface area contributed by atoms with Crippen molar-refractivity contribution in [3.8, 4) is 11.1 Å².